The van der Waals surface area contributed by atoms with Crippen LogP contribution in [0.25, 0.3) is 0 Å². The smallest absolute Gasteiger partial charge is 0.338 e. The van der Waals surface area contributed by atoms with Crippen LogP contribution in [0.15, 0.2) is 52.8 Å². The topological polar surface area (TPSA) is 72.8 Å². The average Bonchev–Trinajstić information content (AvgIpc) is 2.67. The summed E-state index contributed by atoms with van der Waals surface area (Å²) in [6, 6.07) is 6.70. The second-order valence-electron chi connectivity index (χ2n) is 5.78. The van der Waals surface area contributed by atoms with E-state index in [1.165, 1.54) is 25.3 Å². The fraction of sp³-hybridized carbons (Fsp3) is 0.211. The number of nitrogens with zero attached hydrogens (tertiary/aromatic N) is 2. The van der Waals surface area contributed by atoms with E-state index in [1.807, 2.05) is 0 Å². The highest BCUT2D eigenvalue weighted by Crippen LogP contribution is 2.36. The molecular weight excluding hydrogens is 373 g/mol. The Kier molecular flexibility index (Phi) is 5.41. The molecule has 1 aromatic carbocycles. The van der Waals surface area contributed by atoms with E-state index in [4.69, 9.17) is 21.1 Å². The molecule has 0 bridgehead atoms. The summed E-state index contributed by atoms with van der Waals surface area (Å²) in [4.78, 5) is 21.2. The number of halogens is 2. The molecule has 0 fully saturated rings. The summed E-state index contributed by atoms with van der Waals surface area (Å²) in [5, 5.41) is 3.24. The number of esters is 1. The minimum absolute atomic E-state index is 0.168. The van der Waals surface area contributed by atoms with Gasteiger partial charge in [0.25, 0.3) is 0 Å². The maximum atomic E-state index is 13.5. The maximum Gasteiger partial charge on any atom is 0.338 e. The number of hydrogen-bond donors (Lipinski definition) is 1. The standard InChI is InChI=1S/C19H17ClFN3O3/c1-10-16(19(25)27-3)17(13-6-4-11(21)8-14(13)20)24-18(23-10)15-7-5-12(26-2)9-22-15/h4-9,17H,1-3H3,(H,23,24). The molecule has 2 aromatic rings. The molecule has 8 heteroatoms. The summed E-state index contributed by atoms with van der Waals surface area (Å²) >= 11 is 6.22. The highest BCUT2D eigenvalue weighted by atomic mass is 35.5. The second kappa shape index (κ2) is 7.75. The Bertz CT molecular complexity index is 942. The third-order valence-corrected chi connectivity index (χ3v) is 4.45. The Balaban J connectivity index is 2.10. The van der Waals surface area contributed by atoms with E-state index in [9.17, 15) is 9.18 Å². The van der Waals surface area contributed by atoms with Crippen molar-refractivity contribution in [2.45, 2.75) is 13.0 Å². The van der Waals surface area contributed by atoms with E-state index in [1.54, 1.807) is 32.4 Å². The molecule has 1 aromatic heterocycles. The number of amidine groups is 1. The first kappa shape index (κ1) is 18.8. The van der Waals surface area contributed by atoms with Crippen molar-refractivity contribution in [3.8, 4) is 5.75 Å². The van der Waals surface area contributed by atoms with Crippen molar-refractivity contribution in [2.24, 2.45) is 4.99 Å². The number of carbonyl (C=O) groups excluding carboxylic acids is 1. The summed E-state index contributed by atoms with van der Waals surface area (Å²) in [6.07, 6.45) is 1.56. The van der Waals surface area contributed by atoms with E-state index in [-0.39, 0.29) is 5.02 Å². The van der Waals surface area contributed by atoms with Crippen molar-refractivity contribution in [3.63, 3.8) is 0 Å². The number of aromatic nitrogens is 1. The van der Waals surface area contributed by atoms with Crippen LogP contribution in [0.5, 0.6) is 5.75 Å². The Labute approximate surface area is 160 Å². The van der Waals surface area contributed by atoms with Gasteiger partial charge in [0.1, 0.15) is 23.3 Å². The molecule has 0 saturated carbocycles. The number of hydrogen-bond acceptors (Lipinski definition) is 6. The van der Waals surface area contributed by atoms with Gasteiger partial charge in [0.05, 0.1) is 26.0 Å². The molecule has 0 radical (unpaired) electrons. The van der Waals surface area contributed by atoms with Crippen molar-refractivity contribution in [1.29, 1.82) is 0 Å². The Morgan fingerprint density at radius 1 is 1.26 bits per heavy atom. The van der Waals surface area contributed by atoms with Gasteiger partial charge in [-0.25, -0.2) is 14.2 Å². The molecule has 1 N–H and O–H groups in total. The van der Waals surface area contributed by atoms with Crippen LogP contribution in [0, 0.1) is 5.82 Å². The lowest BCUT2D eigenvalue weighted by molar-refractivity contribution is -0.136. The molecule has 0 spiro atoms. The molecule has 6 nitrogen and oxygen atoms in total. The molecule has 1 unspecified atom stereocenters. The van der Waals surface area contributed by atoms with Gasteiger partial charge in [-0.05, 0) is 31.2 Å². The number of benzene rings is 1. The van der Waals surface area contributed by atoms with Crippen LogP contribution < -0.4 is 10.1 Å². The van der Waals surface area contributed by atoms with Crippen molar-refractivity contribution >= 4 is 23.4 Å². The third kappa shape index (κ3) is 3.78. The fourth-order valence-corrected chi connectivity index (χ4v) is 3.04. The van der Waals surface area contributed by atoms with E-state index >= 15 is 0 Å². The molecule has 1 aliphatic rings. The summed E-state index contributed by atoms with van der Waals surface area (Å²) in [6.45, 7) is 1.73. The Hall–Kier alpha value is -2.93. The second-order valence-corrected chi connectivity index (χ2v) is 6.19. The summed E-state index contributed by atoms with van der Waals surface area (Å²) in [5.41, 5.74) is 1.89. The molecule has 3 rings (SSSR count). The zero-order valence-corrected chi connectivity index (χ0v) is 15.7. The van der Waals surface area contributed by atoms with Crippen molar-refractivity contribution in [2.75, 3.05) is 14.2 Å². The molecule has 1 aliphatic heterocycles. The predicted octanol–water partition coefficient (Wildman–Crippen LogP) is 3.42. The number of aliphatic imine (C=N–C) groups is 1. The first-order valence-corrected chi connectivity index (χ1v) is 8.41. The highest BCUT2D eigenvalue weighted by molar-refractivity contribution is 6.31. The quantitative estimate of drug-likeness (QED) is 0.811. The van der Waals surface area contributed by atoms with Gasteiger partial charge in [-0.3, -0.25) is 4.99 Å². The van der Waals surface area contributed by atoms with Gasteiger partial charge in [-0.1, -0.05) is 17.7 Å². The Morgan fingerprint density at radius 3 is 2.63 bits per heavy atom. The monoisotopic (exact) mass is 389 g/mol. The molecule has 0 saturated heterocycles. The van der Waals surface area contributed by atoms with Crippen LogP contribution in [0.1, 0.15) is 24.2 Å². The number of ether oxygens (including phenoxy) is 2. The van der Waals surface area contributed by atoms with Crippen LogP contribution in [0.2, 0.25) is 5.02 Å². The van der Waals surface area contributed by atoms with Gasteiger partial charge in [-0.15, -0.1) is 0 Å². The fourth-order valence-electron chi connectivity index (χ4n) is 2.77. The van der Waals surface area contributed by atoms with E-state index in [0.717, 1.165) is 0 Å². The number of nitrogens with one attached hydrogen (secondary N) is 1. The first-order valence-electron chi connectivity index (χ1n) is 8.04. The number of pyridine rings is 1. The minimum Gasteiger partial charge on any atom is -0.495 e. The summed E-state index contributed by atoms with van der Waals surface area (Å²) in [7, 11) is 2.84. The zero-order chi connectivity index (χ0) is 19.6. The third-order valence-electron chi connectivity index (χ3n) is 4.12. The van der Waals surface area contributed by atoms with Crippen LogP contribution in [0.3, 0.4) is 0 Å². The van der Waals surface area contributed by atoms with Crippen LogP contribution in [-0.4, -0.2) is 31.0 Å². The number of methoxy groups -OCH3 is 2. The predicted molar refractivity (Wildman–Crippen MR) is 99.3 cm³/mol. The number of rotatable bonds is 4. The van der Waals surface area contributed by atoms with Crippen LogP contribution in [-0.2, 0) is 9.53 Å². The van der Waals surface area contributed by atoms with Gasteiger partial charge in [0, 0.05) is 16.3 Å². The van der Waals surface area contributed by atoms with Crippen LogP contribution >= 0.6 is 11.6 Å². The number of allylic oxidation sites excluding steroid dienone is 1. The molecule has 0 amide bonds. The first-order chi connectivity index (χ1) is 12.9. The molecular formula is C19H17ClFN3O3. The summed E-state index contributed by atoms with van der Waals surface area (Å²) in [5.74, 6) is 0.0407. The zero-order valence-electron chi connectivity index (χ0n) is 14.9. The largest absolute Gasteiger partial charge is 0.495 e. The summed E-state index contributed by atoms with van der Waals surface area (Å²) < 4.78 is 23.5. The van der Waals surface area contributed by atoms with Gasteiger partial charge >= 0.3 is 5.97 Å². The van der Waals surface area contributed by atoms with Crippen molar-refractivity contribution in [1.82, 2.24) is 10.3 Å². The highest BCUT2D eigenvalue weighted by Gasteiger charge is 2.32. The minimum atomic E-state index is -0.759. The maximum absolute atomic E-state index is 13.5. The van der Waals surface area contributed by atoms with Crippen molar-refractivity contribution in [3.05, 3.63) is 69.9 Å². The van der Waals surface area contributed by atoms with Gasteiger partial charge in [0.2, 0.25) is 0 Å². The number of carbonyl (C=O) groups is 1. The lowest BCUT2D eigenvalue weighted by Crippen LogP contribution is -2.33. The van der Waals surface area contributed by atoms with E-state index < -0.39 is 17.8 Å². The van der Waals surface area contributed by atoms with Gasteiger partial charge < -0.3 is 14.8 Å². The van der Waals surface area contributed by atoms with E-state index in [0.29, 0.717) is 34.1 Å². The molecule has 2 heterocycles. The normalized spacial score (nSPS) is 16.5. The lowest BCUT2D eigenvalue weighted by Gasteiger charge is -2.26. The van der Waals surface area contributed by atoms with Gasteiger partial charge in [-0.2, -0.15) is 0 Å². The lowest BCUT2D eigenvalue weighted by atomic mass is 9.95. The Morgan fingerprint density at radius 2 is 2.04 bits per heavy atom. The molecule has 140 valence electrons. The van der Waals surface area contributed by atoms with Crippen molar-refractivity contribution < 1.29 is 18.7 Å². The molecule has 1 atom stereocenters. The SMILES string of the molecule is COC(=O)C1=C(C)NC(c2ccc(OC)cn2)=NC1c1ccc(F)cc1Cl. The molecule has 27 heavy (non-hydrogen) atoms. The molecule has 0 aliphatic carbocycles. The van der Waals surface area contributed by atoms with Gasteiger partial charge in [0.15, 0.2) is 5.84 Å². The average molecular weight is 390 g/mol. The van der Waals surface area contributed by atoms with E-state index in [2.05, 4.69) is 15.3 Å². The van der Waals surface area contributed by atoms with Crippen LogP contribution in [0.4, 0.5) is 4.39 Å².